The number of carbonyl (C=O) groups excluding carboxylic acids is 4. The molecule has 2 aliphatic rings. The molecule has 0 saturated carbocycles. The van der Waals surface area contributed by atoms with Gasteiger partial charge < -0.3 is 10.3 Å². The average Bonchev–Trinajstić information content (AvgIpc) is 3.24. The molecule has 1 aromatic heterocycles. The highest BCUT2D eigenvalue weighted by Gasteiger charge is 2.55. The van der Waals surface area contributed by atoms with E-state index < -0.39 is 23.3 Å². The van der Waals surface area contributed by atoms with Gasteiger partial charge in [0.05, 0.1) is 12.2 Å². The van der Waals surface area contributed by atoms with E-state index in [-0.39, 0.29) is 18.0 Å². The molecule has 1 fully saturated rings. The molecule has 3 amide bonds. The summed E-state index contributed by atoms with van der Waals surface area (Å²) >= 11 is 0. The molecular weight excluding hydrogens is 358 g/mol. The van der Waals surface area contributed by atoms with Crippen LogP contribution in [0.1, 0.15) is 56.6 Å². The minimum Gasteiger partial charge on any atom is -0.355 e. The summed E-state index contributed by atoms with van der Waals surface area (Å²) in [5, 5.41) is 2.81. The van der Waals surface area contributed by atoms with Gasteiger partial charge in [-0.05, 0) is 50.3 Å². The fourth-order valence-electron chi connectivity index (χ4n) is 4.51. The molecule has 2 heterocycles. The Balaban J connectivity index is 1.63. The van der Waals surface area contributed by atoms with E-state index in [1.807, 2.05) is 24.3 Å². The number of carbonyl (C=O) groups is 4. The zero-order valence-corrected chi connectivity index (χ0v) is 16.0. The summed E-state index contributed by atoms with van der Waals surface area (Å²) in [4.78, 5) is 54.3. The van der Waals surface area contributed by atoms with Crippen LogP contribution in [-0.4, -0.2) is 39.9 Å². The lowest BCUT2D eigenvalue weighted by Gasteiger charge is -2.22. The van der Waals surface area contributed by atoms with Gasteiger partial charge in [-0.25, -0.2) is 4.79 Å². The summed E-state index contributed by atoms with van der Waals surface area (Å²) < 4.78 is 0. The number of rotatable bonds is 4. The summed E-state index contributed by atoms with van der Waals surface area (Å²) in [7, 11) is 0. The Hall–Kier alpha value is -3.22. The number of fused-ring (bicyclic) bond motifs is 2. The largest absolute Gasteiger partial charge is 0.355 e. The van der Waals surface area contributed by atoms with Gasteiger partial charge in [0, 0.05) is 11.3 Å². The van der Waals surface area contributed by atoms with E-state index >= 15 is 0 Å². The van der Waals surface area contributed by atoms with Crippen molar-refractivity contribution < 1.29 is 19.2 Å². The van der Waals surface area contributed by atoms with Crippen LogP contribution in [0, 0.1) is 13.8 Å². The smallest absolute Gasteiger partial charge is 0.325 e. The zero-order valence-electron chi connectivity index (χ0n) is 16.0. The molecule has 7 heteroatoms. The number of ketones is 2. The van der Waals surface area contributed by atoms with Gasteiger partial charge >= 0.3 is 6.03 Å². The number of H-pyrrole nitrogens is 1. The van der Waals surface area contributed by atoms with Crippen LogP contribution < -0.4 is 5.32 Å². The summed E-state index contributed by atoms with van der Waals surface area (Å²) in [6, 6.07) is 6.98. The van der Waals surface area contributed by atoms with Crippen molar-refractivity contribution in [2.24, 2.45) is 0 Å². The van der Waals surface area contributed by atoms with Crippen molar-refractivity contribution in [3.63, 3.8) is 0 Å². The molecule has 2 N–H and O–H groups in total. The third-order valence-corrected chi connectivity index (χ3v) is 5.79. The highest BCUT2D eigenvalue weighted by molar-refractivity contribution is 6.12. The van der Waals surface area contributed by atoms with Gasteiger partial charge in [-0.2, -0.15) is 0 Å². The van der Waals surface area contributed by atoms with E-state index in [0.717, 1.165) is 16.0 Å². The van der Waals surface area contributed by atoms with Gasteiger partial charge in [0.15, 0.2) is 11.6 Å². The second kappa shape index (κ2) is 6.15. The maximum Gasteiger partial charge on any atom is 0.325 e. The van der Waals surface area contributed by atoms with Crippen molar-refractivity contribution in [1.82, 2.24) is 15.2 Å². The number of aryl methyl sites for hydroxylation is 2. The van der Waals surface area contributed by atoms with Crippen LogP contribution in [0.2, 0.25) is 0 Å². The molecule has 2 aromatic rings. The van der Waals surface area contributed by atoms with E-state index in [0.29, 0.717) is 29.7 Å². The Morgan fingerprint density at radius 3 is 2.57 bits per heavy atom. The molecule has 1 atom stereocenters. The number of imide groups is 1. The highest BCUT2D eigenvalue weighted by atomic mass is 16.2. The van der Waals surface area contributed by atoms with Crippen LogP contribution in [-0.2, 0) is 16.8 Å². The van der Waals surface area contributed by atoms with Gasteiger partial charge in [-0.15, -0.1) is 0 Å². The predicted octanol–water partition coefficient (Wildman–Crippen LogP) is 2.41. The van der Waals surface area contributed by atoms with Crippen molar-refractivity contribution >= 4 is 23.5 Å². The number of hydrogen-bond acceptors (Lipinski definition) is 4. The first-order chi connectivity index (χ1) is 13.3. The Kier molecular flexibility index (Phi) is 3.99. The maximum absolute atomic E-state index is 13.2. The van der Waals surface area contributed by atoms with E-state index in [2.05, 4.69) is 10.3 Å². The number of benzene rings is 1. The summed E-state index contributed by atoms with van der Waals surface area (Å²) in [6.07, 6.45) is 1.18. The van der Waals surface area contributed by atoms with Crippen LogP contribution in [0.5, 0.6) is 0 Å². The number of nitrogens with zero attached hydrogens (tertiary/aromatic N) is 1. The minimum absolute atomic E-state index is 0.137. The standard InChI is InChI=1S/C21H21N3O4/c1-11-17(13(3)25)12(2)22-18(11)16(26)10-24-19(27)21(23-20(24)28)9-8-14-6-4-5-7-15(14)21/h4-7,22H,8-10H2,1-3H3,(H,23,28). The van der Waals surface area contributed by atoms with Crippen molar-refractivity contribution in [1.29, 1.82) is 0 Å². The van der Waals surface area contributed by atoms with Crippen LogP contribution in [0.25, 0.3) is 0 Å². The molecule has 1 saturated heterocycles. The second-order valence-corrected chi connectivity index (χ2v) is 7.49. The number of hydrogen-bond donors (Lipinski definition) is 2. The second-order valence-electron chi connectivity index (χ2n) is 7.49. The van der Waals surface area contributed by atoms with E-state index in [1.165, 1.54) is 6.92 Å². The molecule has 0 bridgehead atoms. The van der Waals surface area contributed by atoms with Crippen molar-refractivity contribution in [2.75, 3.05) is 6.54 Å². The summed E-state index contributed by atoms with van der Waals surface area (Å²) in [6.45, 7) is 4.48. The van der Waals surface area contributed by atoms with E-state index in [4.69, 9.17) is 0 Å². The zero-order chi connectivity index (χ0) is 20.2. The average molecular weight is 379 g/mol. The fourth-order valence-corrected chi connectivity index (χ4v) is 4.51. The molecule has 1 spiro atoms. The number of nitrogens with one attached hydrogen (secondary N) is 2. The third kappa shape index (κ3) is 2.42. The van der Waals surface area contributed by atoms with Crippen molar-refractivity contribution in [3.8, 4) is 0 Å². The predicted molar refractivity (Wildman–Crippen MR) is 101 cm³/mol. The lowest BCUT2D eigenvalue weighted by molar-refractivity contribution is -0.131. The Bertz CT molecular complexity index is 1050. The Morgan fingerprint density at radius 2 is 1.89 bits per heavy atom. The lowest BCUT2D eigenvalue weighted by atomic mass is 9.92. The number of urea groups is 1. The van der Waals surface area contributed by atoms with Gasteiger partial charge in [-0.1, -0.05) is 24.3 Å². The topological polar surface area (TPSA) is 99.3 Å². The molecule has 7 nitrogen and oxygen atoms in total. The Morgan fingerprint density at radius 1 is 1.18 bits per heavy atom. The lowest BCUT2D eigenvalue weighted by Crippen LogP contribution is -2.42. The minimum atomic E-state index is -1.08. The van der Waals surface area contributed by atoms with Crippen LogP contribution in [0.4, 0.5) is 4.79 Å². The third-order valence-electron chi connectivity index (χ3n) is 5.79. The molecule has 1 unspecified atom stereocenters. The van der Waals surface area contributed by atoms with Gasteiger partial charge in [-0.3, -0.25) is 19.3 Å². The number of aromatic amines is 1. The molecule has 28 heavy (non-hydrogen) atoms. The summed E-state index contributed by atoms with van der Waals surface area (Å²) in [5.41, 5.74) is 2.63. The van der Waals surface area contributed by atoms with Gasteiger partial charge in [0.25, 0.3) is 5.91 Å². The fraction of sp³-hybridized carbons (Fsp3) is 0.333. The molecule has 144 valence electrons. The molecular formula is C21H21N3O4. The maximum atomic E-state index is 13.2. The van der Waals surface area contributed by atoms with Gasteiger partial charge in [0.2, 0.25) is 0 Å². The molecule has 4 rings (SSSR count). The SMILES string of the molecule is CC(=O)c1c(C)[nH]c(C(=O)CN2C(=O)NC3(CCc4ccccc43)C2=O)c1C. The van der Waals surface area contributed by atoms with E-state index in [9.17, 15) is 19.2 Å². The number of aromatic nitrogens is 1. The van der Waals surface area contributed by atoms with Crippen LogP contribution in [0.3, 0.4) is 0 Å². The monoisotopic (exact) mass is 379 g/mol. The van der Waals surface area contributed by atoms with Crippen molar-refractivity contribution in [2.45, 2.75) is 39.2 Å². The van der Waals surface area contributed by atoms with Gasteiger partial charge in [0.1, 0.15) is 5.54 Å². The first kappa shape index (κ1) is 18.2. The molecule has 1 aromatic carbocycles. The van der Waals surface area contributed by atoms with E-state index in [1.54, 1.807) is 13.8 Å². The van der Waals surface area contributed by atoms with Crippen LogP contribution >= 0.6 is 0 Å². The number of Topliss-reactive ketones (excluding diaryl/α,β-unsaturated/α-hetero) is 2. The highest BCUT2D eigenvalue weighted by Crippen LogP contribution is 2.41. The van der Waals surface area contributed by atoms with Crippen molar-refractivity contribution in [3.05, 3.63) is 57.9 Å². The first-order valence-corrected chi connectivity index (χ1v) is 9.22. The Labute approximate surface area is 162 Å². The molecule has 1 aliphatic heterocycles. The van der Waals surface area contributed by atoms with Crippen LogP contribution in [0.15, 0.2) is 24.3 Å². The quantitative estimate of drug-likeness (QED) is 0.629. The first-order valence-electron chi connectivity index (χ1n) is 9.22. The molecule has 0 radical (unpaired) electrons. The summed E-state index contributed by atoms with van der Waals surface area (Å²) in [5.74, 6) is -0.940. The molecule has 1 aliphatic carbocycles. The number of amides is 3. The normalized spacial score (nSPS) is 20.6.